The molecular formula is C29H28BrN3O6S. The van der Waals surface area contributed by atoms with Crippen LogP contribution in [0.3, 0.4) is 0 Å². The molecule has 5 rings (SSSR count). The normalized spacial score (nSPS) is 17.4. The molecule has 0 aliphatic carbocycles. The zero-order valence-corrected chi connectivity index (χ0v) is 25.1. The first kappa shape index (κ1) is 27.9. The summed E-state index contributed by atoms with van der Waals surface area (Å²) in [5, 5.41) is 0. The Morgan fingerprint density at radius 1 is 1.10 bits per heavy atom. The molecule has 2 aromatic carbocycles. The number of fused-ring (bicyclic) bond motifs is 2. The van der Waals surface area contributed by atoms with E-state index in [0.29, 0.717) is 56.3 Å². The fourth-order valence-corrected chi connectivity index (χ4v) is 6.81. The first-order valence-electron chi connectivity index (χ1n) is 12.9. The number of para-hydroxylation sites is 1. The van der Waals surface area contributed by atoms with E-state index >= 15 is 0 Å². The molecule has 0 saturated heterocycles. The third-order valence-electron chi connectivity index (χ3n) is 6.84. The smallest absolute Gasteiger partial charge is 0.338 e. The van der Waals surface area contributed by atoms with Crippen molar-refractivity contribution in [1.82, 2.24) is 4.57 Å². The van der Waals surface area contributed by atoms with E-state index in [0.717, 1.165) is 17.0 Å². The topological polar surface area (TPSA) is 99.4 Å². The summed E-state index contributed by atoms with van der Waals surface area (Å²) in [6, 6.07) is 10.0. The van der Waals surface area contributed by atoms with Crippen LogP contribution in [-0.2, 0) is 14.3 Å². The van der Waals surface area contributed by atoms with E-state index in [-0.39, 0.29) is 22.6 Å². The molecule has 11 heteroatoms. The molecule has 0 unspecified atom stereocenters. The van der Waals surface area contributed by atoms with Crippen LogP contribution in [0.1, 0.15) is 44.9 Å². The van der Waals surface area contributed by atoms with E-state index in [1.807, 2.05) is 38.1 Å². The van der Waals surface area contributed by atoms with Gasteiger partial charge in [0.15, 0.2) is 16.3 Å². The van der Waals surface area contributed by atoms with Crippen LogP contribution in [0.2, 0.25) is 0 Å². The first-order valence-corrected chi connectivity index (χ1v) is 14.5. The Bertz CT molecular complexity index is 1760. The molecule has 3 heterocycles. The number of ether oxygens (including phenoxy) is 3. The summed E-state index contributed by atoms with van der Waals surface area (Å²) in [5.74, 6) is 0.144. The lowest BCUT2D eigenvalue weighted by atomic mass is 9.95. The minimum atomic E-state index is -0.891. The fourth-order valence-electron chi connectivity index (χ4n) is 5.14. The lowest BCUT2D eigenvalue weighted by molar-refractivity contribution is -0.139. The lowest BCUT2D eigenvalue weighted by Crippen LogP contribution is -2.41. The van der Waals surface area contributed by atoms with Gasteiger partial charge in [-0.25, -0.2) is 9.79 Å². The monoisotopic (exact) mass is 625 g/mol. The number of hydrogen-bond donors (Lipinski definition) is 0. The Hall–Kier alpha value is -3.70. The molecule has 0 fully saturated rings. The van der Waals surface area contributed by atoms with Crippen molar-refractivity contribution in [3.63, 3.8) is 0 Å². The van der Waals surface area contributed by atoms with Crippen molar-refractivity contribution in [2.75, 3.05) is 31.8 Å². The van der Waals surface area contributed by atoms with E-state index in [1.165, 1.54) is 4.57 Å². The minimum absolute atomic E-state index is 0.156. The number of hydrogen-bond acceptors (Lipinski definition) is 8. The van der Waals surface area contributed by atoms with Crippen molar-refractivity contribution >= 4 is 50.4 Å². The predicted octanol–water partition coefficient (Wildman–Crippen LogP) is 3.70. The highest BCUT2D eigenvalue weighted by Crippen LogP contribution is 2.41. The highest BCUT2D eigenvalue weighted by Gasteiger charge is 2.38. The molecule has 9 nitrogen and oxygen atoms in total. The van der Waals surface area contributed by atoms with Crippen molar-refractivity contribution in [3.8, 4) is 11.5 Å². The summed E-state index contributed by atoms with van der Waals surface area (Å²) in [6.07, 6.45) is 0. The van der Waals surface area contributed by atoms with E-state index in [2.05, 4.69) is 20.9 Å². The van der Waals surface area contributed by atoms with E-state index in [9.17, 15) is 14.4 Å². The van der Waals surface area contributed by atoms with Crippen LogP contribution in [0.15, 0.2) is 61.9 Å². The van der Waals surface area contributed by atoms with Crippen LogP contribution in [-0.4, -0.2) is 43.3 Å². The van der Waals surface area contributed by atoms with Crippen LogP contribution in [0.4, 0.5) is 5.69 Å². The summed E-state index contributed by atoms with van der Waals surface area (Å²) in [6.45, 7) is 8.20. The SMILES string of the molecule is CCOC(=O)C1=C(C)N=c2s/c(=C3/C(=O)N(CC)c4ccccc43)c(=O)n2[C@@H]1c1cc(OCC)c(OC)cc1Br. The summed E-state index contributed by atoms with van der Waals surface area (Å²) >= 11 is 4.76. The molecule has 2 aliphatic heterocycles. The number of methoxy groups -OCH3 is 1. The molecule has 1 aromatic heterocycles. The van der Waals surface area contributed by atoms with Crippen molar-refractivity contribution in [3.05, 3.63) is 83.0 Å². The predicted molar refractivity (Wildman–Crippen MR) is 156 cm³/mol. The largest absolute Gasteiger partial charge is 0.493 e. The number of esters is 1. The molecule has 40 heavy (non-hydrogen) atoms. The van der Waals surface area contributed by atoms with Crippen LogP contribution >= 0.6 is 27.3 Å². The first-order chi connectivity index (χ1) is 19.3. The number of likely N-dealkylation sites (N-methyl/N-ethyl adjacent to an activating group) is 1. The molecule has 208 valence electrons. The summed E-state index contributed by atoms with van der Waals surface area (Å²) in [4.78, 5) is 47.9. The van der Waals surface area contributed by atoms with Crippen molar-refractivity contribution in [1.29, 1.82) is 0 Å². The van der Waals surface area contributed by atoms with Gasteiger partial charge in [-0.15, -0.1) is 0 Å². The molecule has 0 spiro atoms. The van der Waals surface area contributed by atoms with Gasteiger partial charge in [-0.2, -0.15) is 0 Å². The van der Waals surface area contributed by atoms with Crippen molar-refractivity contribution in [2.24, 2.45) is 4.99 Å². The van der Waals surface area contributed by atoms with Crippen LogP contribution < -0.4 is 29.3 Å². The second kappa shape index (κ2) is 11.1. The molecule has 0 bridgehead atoms. The van der Waals surface area contributed by atoms with Crippen LogP contribution in [0, 0.1) is 0 Å². The van der Waals surface area contributed by atoms with Gasteiger partial charge in [0.1, 0.15) is 4.53 Å². The van der Waals surface area contributed by atoms with Gasteiger partial charge in [0.2, 0.25) is 0 Å². The number of benzene rings is 2. The van der Waals surface area contributed by atoms with Crippen molar-refractivity contribution in [2.45, 2.75) is 33.7 Å². The molecule has 3 aromatic rings. The number of aromatic nitrogens is 1. The van der Waals surface area contributed by atoms with E-state index in [1.54, 1.807) is 38.0 Å². The third-order valence-corrected chi connectivity index (χ3v) is 8.58. The maximum atomic E-state index is 14.3. The fraction of sp³-hybridized carbons (Fsp3) is 0.310. The molecule has 1 amide bonds. The van der Waals surface area contributed by atoms with Crippen molar-refractivity contribution < 1.29 is 23.8 Å². The second-order valence-corrected chi connectivity index (χ2v) is 10.9. The molecule has 1 atom stereocenters. The Kier molecular flexibility index (Phi) is 7.70. The highest BCUT2D eigenvalue weighted by atomic mass is 79.9. The average molecular weight is 627 g/mol. The molecule has 0 radical (unpaired) electrons. The average Bonchev–Trinajstić information content (AvgIpc) is 3.40. The zero-order chi connectivity index (χ0) is 28.7. The lowest BCUT2D eigenvalue weighted by Gasteiger charge is -2.26. The molecule has 0 N–H and O–H groups in total. The number of thiazole rings is 1. The number of rotatable bonds is 7. The van der Waals surface area contributed by atoms with Gasteiger partial charge in [0, 0.05) is 16.6 Å². The quantitative estimate of drug-likeness (QED) is 0.371. The van der Waals surface area contributed by atoms with Gasteiger partial charge < -0.3 is 19.1 Å². The maximum absolute atomic E-state index is 14.3. The number of nitrogens with zero attached hydrogens (tertiary/aromatic N) is 3. The number of carbonyl (C=O) groups is 2. The highest BCUT2D eigenvalue weighted by molar-refractivity contribution is 9.10. The zero-order valence-electron chi connectivity index (χ0n) is 22.7. The number of allylic oxidation sites excluding steroid dienone is 1. The second-order valence-electron chi connectivity index (χ2n) is 9.02. The maximum Gasteiger partial charge on any atom is 0.338 e. The number of anilines is 1. The van der Waals surface area contributed by atoms with E-state index in [4.69, 9.17) is 14.2 Å². The third kappa shape index (κ3) is 4.37. The number of halogens is 1. The van der Waals surface area contributed by atoms with Gasteiger partial charge in [-0.1, -0.05) is 45.5 Å². The van der Waals surface area contributed by atoms with Gasteiger partial charge in [-0.3, -0.25) is 14.2 Å². The summed E-state index contributed by atoms with van der Waals surface area (Å²) in [7, 11) is 1.54. The Morgan fingerprint density at radius 2 is 1.85 bits per heavy atom. The Labute approximate surface area is 243 Å². The summed E-state index contributed by atoms with van der Waals surface area (Å²) in [5.41, 5.74) is 2.62. The Balaban J connectivity index is 1.85. The van der Waals surface area contributed by atoms with Crippen LogP contribution in [0.25, 0.3) is 5.57 Å². The minimum Gasteiger partial charge on any atom is -0.493 e. The van der Waals surface area contributed by atoms with Gasteiger partial charge >= 0.3 is 5.97 Å². The number of amides is 1. The Morgan fingerprint density at radius 3 is 2.52 bits per heavy atom. The summed E-state index contributed by atoms with van der Waals surface area (Å²) < 4.78 is 19.1. The van der Waals surface area contributed by atoms with E-state index < -0.39 is 17.6 Å². The molecule has 2 aliphatic rings. The van der Waals surface area contributed by atoms with Gasteiger partial charge in [0.05, 0.1) is 48.9 Å². The molecular weight excluding hydrogens is 598 g/mol. The van der Waals surface area contributed by atoms with Gasteiger partial charge in [0.25, 0.3) is 11.5 Å². The standard InChI is InChI=1S/C29H28BrN3O6S/c1-6-32-19-12-10-9-11-16(19)23(26(32)34)25-27(35)33-24(17-13-21(38-7-2)20(37-5)14-18(17)30)22(28(36)39-8-3)15(4)31-29(33)40-25/h9-14,24H,6-8H2,1-5H3/b25-23+/t24-/m1/s1. The number of carbonyl (C=O) groups excluding carboxylic acids is 2. The van der Waals surface area contributed by atoms with Crippen LogP contribution in [0.5, 0.6) is 11.5 Å². The van der Waals surface area contributed by atoms with Gasteiger partial charge in [-0.05, 0) is 51.5 Å². The molecule has 0 saturated carbocycles.